The molecule has 16 heavy (non-hydrogen) atoms. The van der Waals surface area contributed by atoms with Gasteiger partial charge in [0.25, 0.3) is 0 Å². The largest absolute Gasteiger partial charge is 0.458 e. The maximum atomic E-state index is 11.0. The summed E-state index contributed by atoms with van der Waals surface area (Å²) in [5, 5.41) is 12.0. The summed E-state index contributed by atoms with van der Waals surface area (Å²) in [4.78, 5) is 25.9. The highest BCUT2D eigenvalue weighted by molar-refractivity contribution is 6.23. The number of rotatable bonds is 7. The van der Waals surface area contributed by atoms with Gasteiger partial charge in [-0.3, -0.25) is 0 Å². The highest BCUT2D eigenvalue weighted by Gasteiger charge is 2.14. The smallest absolute Gasteiger partial charge is 0.353 e. The lowest BCUT2D eigenvalue weighted by molar-refractivity contribution is -0.153. The van der Waals surface area contributed by atoms with Crippen LogP contribution in [0.25, 0.3) is 0 Å². The first-order valence-electron chi connectivity index (χ1n) is 4.31. The Labute approximate surface area is 92.3 Å². The first-order valence-corrected chi connectivity index (χ1v) is 4.31. The van der Waals surface area contributed by atoms with Crippen molar-refractivity contribution >= 4 is 18.2 Å². The van der Waals surface area contributed by atoms with Gasteiger partial charge in [0.05, 0.1) is 6.61 Å². The second-order valence-corrected chi connectivity index (χ2v) is 2.49. The zero-order chi connectivity index (χ0) is 12.4. The summed E-state index contributed by atoms with van der Waals surface area (Å²) in [5.41, 5.74) is 0. The van der Waals surface area contributed by atoms with Gasteiger partial charge in [-0.2, -0.15) is 0 Å². The highest BCUT2D eigenvalue weighted by Crippen LogP contribution is 1.94. The summed E-state index contributed by atoms with van der Waals surface area (Å²) in [5.74, 6) is -1.48. The van der Waals surface area contributed by atoms with Crippen LogP contribution in [0, 0.1) is 0 Å². The zero-order valence-electron chi connectivity index (χ0n) is 8.79. The standard InChI is InChI=1S/C9H13NO6/c1-3-8(12)15-6-7(5-11)16-9(13)4-10-14-2/h3-4,7,11H,1,5-6H2,2H3. The SMILES string of the molecule is C=CC(=O)OCC(CO)OC(=O)C=NOC. The molecule has 0 aromatic rings. The molecule has 0 saturated carbocycles. The van der Waals surface area contributed by atoms with E-state index in [2.05, 4.69) is 26.0 Å². The molecule has 0 spiro atoms. The van der Waals surface area contributed by atoms with Crippen LogP contribution in [0.1, 0.15) is 0 Å². The molecule has 0 saturated heterocycles. The van der Waals surface area contributed by atoms with Gasteiger partial charge in [0.2, 0.25) is 0 Å². The highest BCUT2D eigenvalue weighted by atomic mass is 16.6. The Morgan fingerprint density at radius 3 is 2.69 bits per heavy atom. The first kappa shape index (κ1) is 14.1. The van der Waals surface area contributed by atoms with E-state index < -0.39 is 24.6 Å². The molecule has 0 amide bonds. The number of hydrogen-bond donors (Lipinski definition) is 1. The van der Waals surface area contributed by atoms with Gasteiger partial charge >= 0.3 is 11.9 Å². The molecule has 7 heteroatoms. The number of ether oxygens (including phenoxy) is 2. The molecule has 0 aliphatic rings. The summed E-state index contributed by atoms with van der Waals surface area (Å²) < 4.78 is 9.25. The van der Waals surface area contributed by atoms with Gasteiger partial charge in [0.15, 0.2) is 12.3 Å². The Hall–Kier alpha value is -1.89. The summed E-state index contributed by atoms with van der Waals surface area (Å²) in [6, 6.07) is 0. The average Bonchev–Trinajstić information content (AvgIpc) is 2.31. The van der Waals surface area contributed by atoms with Crippen LogP contribution in [0.5, 0.6) is 0 Å². The lowest BCUT2D eigenvalue weighted by Crippen LogP contribution is -2.28. The molecular formula is C9H13NO6. The molecule has 1 atom stereocenters. The van der Waals surface area contributed by atoms with Gasteiger partial charge in [-0.15, -0.1) is 0 Å². The molecular weight excluding hydrogens is 218 g/mol. The fourth-order valence-electron chi connectivity index (χ4n) is 0.648. The van der Waals surface area contributed by atoms with E-state index >= 15 is 0 Å². The molecule has 1 N–H and O–H groups in total. The molecule has 0 radical (unpaired) electrons. The summed E-state index contributed by atoms with van der Waals surface area (Å²) in [6.07, 6.45) is 0.806. The van der Waals surface area contributed by atoms with Crippen molar-refractivity contribution in [1.29, 1.82) is 0 Å². The van der Waals surface area contributed by atoms with Gasteiger partial charge in [-0.1, -0.05) is 11.7 Å². The third-order valence-electron chi connectivity index (χ3n) is 1.33. The van der Waals surface area contributed by atoms with Crippen molar-refractivity contribution in [3.05, 3.63) is 12.7 Å². The van der Waals surface area contributed by atoms with Crippen LogP contribution in [0.15, 0.2) is 17.8 Å². The van der Waals surface area contributed by atoms with Crippen molar-refractivity contribution in [3.8, 4) is 0 Å². The van der Waals surface area contributed by atoms with E-state index in [1.807, 2.05) is 0 Å². The van der Waals surface area contributed by atoms with Crippen LogP contribution in [0.4, 0.5) is 0 Å². The van der Waals surface area contributed by atoms with E-state index in [1.54, 1.807) is 0 Å². The molecule has 0 aliphatic carbocycles. The fraction of sp³-hybridized carbons (Fsp3) is 0.444. The van der Waals surface area contributed by atoms with Gasteiger partial charge in [0.1, 0.15) is 13.7 Å². The Morgan fingerprint density at radius 2 is 2.19 bits per heavy atom. The molecule has 0 aliphatic heterocycles. The van der Waals surface area contributed by atoms with E-state index in [1.165, 1.54) is 7.11 Å². The van der Waals surface area contributed by atoms with Gasteiger partial charge in [-0.25, -0.2) is 9.59 Å². The molecule has 7 nitrogen and oxygen atoms in total. The number of aliphatic hydroxyl groups excluding tert-OH is 1. The predicted octanol–water partition coefficient (Wildman–Crippen LogP) is -0.748. The third-order valence-corrected chi connectivity index (χ3v) is 1.33. The van der Waals surface area contributed by atoms with Crippen LogP contribution >= 0.6 is 0 Å². The summed E-state index contributed by atoms with van der Waals surface area (Å²) >= 11 is 0. The first-order chi connectivity index (χ1) is 7.63. The predicted molar refractivity (Wildman–Crippen MR) is 53.6 cm³/mol. The Morgan fingerprint density at radius 1 is 1.50 bits per heavy atom. The maximum absolute atomic E-state index is 11.0. The van der Waals surface area contributed by atoms with E-state index in [-0.39, 0.29) is 6.61 Å². The van der Waals surface area contributed by atoms with Crippen LogP contribution in [-0.4, -0.2) is 49.7 Å². The molecule has 0 aromatic heterocycles. The van der Waals surface area contributed by atoms with Gasteiger partial charge < -0.3 is 19.4 Å². The van der Waals surface area contributed by atoms with Crippen molar-refractivity contribution in [2.24, 2.45) is 5.16 Å². The van der Waals surface area contributed by atoms with E-state index in [9.17, 15) is 9.59 Å². The second-order valence-electron chi connectivity index (χ2n) is 2.49. The van der Waals surface area contributed by atoms with Gasteiger partial charge in [-0.05, 0) is 0 Å². The van der Waals surface area contributed by atoms with E-state index in [0.717, 1.165) is 12.3 Å². The molecule has 0 fully saturated rings. The normalized spacial score (nSPS) is 11.9. The number of hydrogen-bond acceptors (Lipinski definition) is 7. The fourth-order valence-corrected chi connectivity index (χ4v) is 0.648. The molecule has 0 rings (SSSR count). The lowest BCUT2D eigenvalue weighted by atomic mass is 10.4. The number of carbonyl (C=O) groups is 2. The minimum Gasteiger partial charge on any atom is -0.458 e. The molecule has 1 unspecified atom stereocenters. The Kier molecular flexibility index (Phi) is 7.43. The number of nitrogens with zero attached hydrogens (tertiary/aromatic N) is 1. The van der Waals surface area contributed by atoms with Crippen LogP contribution < -0.4 is 0 Å². The minimum absolute atomic E-state index is 0.256. The van der Waals surface area contributed by atoms with Crippen molar-refractivity contribution in [1.82, 2.24) is 0 Å². The van der Waals surface area contributed by atoms with Crippen LogP contribution in [0.3, 0.4) is 0 Å². The van der Waals surface area contributed by atoms with Crippen molar-refractivity contribution < 1.29 is 29.0 Å². The average molecular weight is 231 g/mol. The van der Waals surface area contributed by atoms with Gasteiger partial charge in [0, 0.05) is 6.08 Å². The van der Waals surface area contributed by atoms with Crippen molar-refractivity contribution in [2.45, 2.75) is 6.10 Å². The molecule has 90 valence electrons. The second kappa shape index (κ2) is 8.42. The zero-order valence-corrected chi connectivity index (χ0v) is 8.79. The Balaban J connectivity index is 3.99. The lowest BCUT2D eigenvalue weighted by Gasteiger charge is -2.13. The van der Waals surface area contributed by atoms with E-state index in [0.29, 0.717) is 0 Å². The molecule has 0 heterocycles. The third kappa shape index (κ3) is 6.55. The Bertz CT molecular complexity index is 275. The number of carbonyl (C=O) groups excluding carboxylic acids is 2. The molecule has 0 bridgehead atoms. The monoisotopic (exact) mass is 231 g/mol. The summed E-state index contributed by atoms with van der Waals surface area (Å²) in [6.45, 7) is 2.45. The summed E-state index contributed by atoms with van der Waals surface area (Å²) in [7, 11) is 1.26. The number of esters is 2. The number of aliphatic hydroxyl groups is 1. The molecule has 0 aromatic carbocycles. The van der Waals surface area contributed by atoms with Crippen LogP contribution in [0.2, 0.25) is 0 Å². The van der Waals surface area contributed by atoms with Crippen LogP contribution in [-0.2, 0) is 23.9 Å². The van der Waals surface area contributed by atoms with Crippen molar-refractivity contribution in [2.75, 3.05) is 20.3 Å². The topological polar surface area (TPSA) is 94.4 Å². The maximum Gasteiger partial charge on any atom is 0.353 e. The quantitative estimate of drug-likeness (QED) is 0.268. The number of oxime groups is 1. The minimum atomic E-state index is -0.945. The van der Waals surface area contributed by atoms with Crippen molar-refractivity contribution in [3.63, 3.8) is 0 Å². The van der Waals surface area contributed by atoms with E-state index in [4.69, 9.17) is 5.11 Å².